The number of esters is 1. The monoisotopic (exact) mass is 431 g/mol. The topological polar surface area (TPSA) is 90.3 Å². The van der Waals surface area contributed by atoms with Crippen molar-refractivity contribution in [3.05, 3.63) is 69.3 Å². The van der Waals surface area contributed by atoms with Crippen molar-refractivity contribution in [1.29, 1.82) is 0 Å². The van der Waals surface area contributed by atoms with E-state index >= 15 is 0 Å². The third-order valence-electron chi connectivity index (χ3n) is 6.27. The Morgan fingerprint density at radius 2 is 1.84 bits per heavy atom. The van der Waals surface area contributed by atoms with Crippen LogP contribution in [-0.4, -0.2) is 28.0 Å². The summed E-state index contributed by atoms with van der Waals surface area (Å²) in [4.78, 5) is 42.2. The number of aryl methyl sites for hydroxylation is 3. The number of carbonyl (C=O) groups excluding carboxylic acids is 2. The molecule has 7 nitrogen and oxygen atoms in total. The molecular weight excluding hydrogens is 406 g/mol. The molecule has 0 saturated heterocycles. The largest absolute Gasteiger partial charge is 0.452 e. The maximum absolute atomic E-state index is 12.8. The van der Waals surface area contributed by atoms with Crippen LogP contribution >= 0.6 is 0 Å². The first kappa shape index (κ1) is 20.4. The van der Waals surface area contributed by atoms with Gasteiger partial charge in [0, 0.05) is 18.7 Å². The molecule has 1 N–H and O–H groups in total. The van der Waals surface area contributed by atoms with Gasteiger partial charge in [-0.25, -0.2) is 9.78 Å². The van der Waals surface area contributed by atoms with Gasteiger partial charge in [0.15, 0.2) is 6.61 Å². The Kier molecular flexibility index (Phi) is 5.47. The van der Waals surface area contributed by atoms with Crippen molar-refractivity contribution in [2.75, 3.05) is 11.9 Å². The van der Waals surface area contributed by atoms with Gasteiger partial charge in [0.25, 0.3) is 11.5 Å². The zero-order chi connectivity index (χ0) is 22.1. The van der Waals surface area contributed by atoms with Crippen LogP contribution in [0, 0.1) is 0 Å². The second kappa shape index (κ2) is 8.57. The van der Waals surface area contributed by atoms with Crippen LogP contribution in [-0.2, 0) is 35.3 Å². The summed E-state index contributed by atoms with van der Waals surface area (Å²) in [6, 6.07) is 10.6. The number of ether oxygens (including phenoxy) is 1. The molecule has 1 aliphatic carbocycles. The van der Waals surface area contributed by atoms with Crippen molar-refractivity contribution in [3.63, 3.8) is 0 Å². The quantitative estimate of drug-likeness (QED) is 0.640. The lowest BCUT2D eigenvalue weighted by molar-refractivity contribution is -0.119. The van der Waals surface area contributed by atoms with Crippen LogP contribution in [0.25, 0.3) is 10.9 Å². The standard InChI is InChI=1S/C25H25N3O4/c29-23(26-19-10-8-16-5-4-6-17(16)13-19)15-32-25(31)18-9-11-20-21(14-18)27-22-7-2-1-3-12-28(22)24(20)30/h8-11,13-14H,1-7,12,15H2,(H,26,29). The SMILES string of the molecule is O=C(COC(=O)c1ccc2c(=O)n3c(nc2c1)CCCCC3)Nc1ccc2c(c1)CCC2. The Morgan fingerprint density at radius 3 is 2.75 bits per heavy atom. The summed E-state index contributed by atoms with van der Waals surface area (Å²) >= 11 is 0. The highest BCUT2D eigenvalue weighted by Crippen LogP contribution is 2.25. The Hall–Kier alpha value is -3.48. The Morgan fingerprint density at radius 1 is 0.969 bits per heavy atom. The summed E-state index contributed by atoms with van der Waals surface area (Å²) in [5, 5.41) is 3.27. The van der Waals surface area contributed by atoms with Gasteiger partial charge in [-0.2, -0.15) is 0 Å². The van der Waals surface area contributed by atoms with Crippen LogP contribution in [0.2, 0.25) is 0 Å². The molecule has 0 bridgehead atoms. The van der Waals surface area contributed by atoms with Gasteiger partial charge in [0.05, 0.1) is 16.5 Å². The summed E-state index contributed by atoms with van der Waals surface area (Å²) in [7, 11) is 0. The van der Waals surface area contributed by atoms with E-state index in [1.165, 1.54) is 11.1 Å². The molecule has 0 spiro atoms. The fourth-order valence-corrected chi connectivity index (χ4v) is 4.61. The molecule has 164 valence electrons. The number of nitrogens with one attached hydrogen (secondary N) is 1. The van der Waals surface area contributed by atoms with Gasteiger partial charge in [0.1, 0.15) is 5.82 Å². The molecule has 0 radical (unpaired) electrons. The zero-order valence-corrected chi connectivity index (χ0v) is 17.9. The third-order valence-corrected chi connectivity index (χ3v) is 6.27. The molecule has 0 saturated carbocycles. The van der Waals surface area contributed by atoms with Crippen molar-refractivity contribution >= 4 is 28.5 Å². The minimum absolute atomic E-state index is 0.0689. The molecule has 5 rings (SSSR count). The minimum atomic E-state index is -0.618. The summed E-state index contributed by atoms with van der Waals surface area (Å²) in [6.07, 6.45) is 7.04. The smallest absolute Gasteiger partial charge is 0.338 e. The fourth-order valence-electron chi connectivity index (χ4n) is 4.61. The second-order valence-corrected chi connectivity index (χ2v) is 8.49. The van der Waals surface area contributed by atoms with Crippen LogP contribution < -0.4 is 10.9 Å². The van der Waals surface area contributed by atoms with Crippen LogP contribution in [0.1, 0.15) is 53.0 Å². The van der Waals surface area contributed by atoms with Gasteiger partial charge in [0.2, 0.25) is 0 Å². The number of aromatic nitrogens is 2. The summed E-state index contributed by atoms with van der Waals surface area (Å²) < 4.78 is 6.95. The lowest BCUT2D eigenvalue weighted by Gasteiger charge is -2.11. The van der Waals surface area contributed by atoms with Crippen molar-refractivity contribution in [1.82, 2.24) is 9.55 Å². The third kappa shape index (κ3) is 4.02. The molecular formula is C25H25N3O4. The highest BCUT2D eigenvalue weighted by Gasteiger charge is 2.17. The van der Waals surface area contributed by atoms with Crippen molar-refractivity contribution in [2.24, 2.45) is 0 Å². The molecule has 0 atom stereocenters. The molecule has 1 aliphatic heterocycles. The van der Waals surface area contributed by atoms with Crippen LogP contribution in [0.4, 0.5) is 5.69 Å². The van der Waals surface area contributed by atoms with Crippen molar-refractivity contribution in [3.8, 4) is 0 Å². The predicted molar refractivity (Wildman–Crippen MR) is 121 cm³/mol. The Labute approximate surface area is 185 Å². The van der Waals surface area contributed by atoms with E-state index in [0.717, 1.165) is 50.8 Å². The number of hydrogen-bond acceptors (Lipinski definition) is 5. The number of benzene rings is 2. The maximum Gasteiger partial charge on any atom is 0.338 e. The lowest BCUT2D eigenvalue weighted by atomic mass is 10.1. The van der Waals surface area contributed by atoms with E-state index in [4.69, 9.17) is 4.74 Å². The van der Waals surface area contributed by atoms with Crippen molar-refractivity contribution < 1.29 is 14.3 Å². The predicted octanol–water partition coefficient (Wildman–Crippen LogP) is 3.41. The highest BCUT2D eigenvalue weighted by atomic mass is 16.5. The van der Waals surface area contributed by atoms with E-state index in [1.54, 1.807) is 22.8 Å². The van der Waals surface area contributed by atoms with E-state index in [1.807, 2.05) is 18.2 Å². The number of hydrogen-bond donors (Lipinski definition) is 1. The molecule has 0 fully saturated rings. The van der Waals surface area contributed by atoms with Gasteiger partial charge >= 0.3 is 5.97 Å². The van der Waals surface area contributed by atoms with Crippen LogP contribution in [0.3, 0.4) is 0 Å². The Balaban J connectivity index is 1.27. The normalized spacial score (nSPS) is 15.0. The van der Waals surface area contributed by atoms with E-state index in [9.17, 15) is 14.4 Å². The van der Waals surface area contributed by atoms with E-state index in [0.29, 0.717) is 23.1 Å². The first-order valence-electron chi connectivity index (χ1n) is 11.2. The molecule has 2 aromatic carbocycles. The van der Waals surface area contributed by atoms with E-state index < -0.39 is 11.9 Å². The summed E-state index contributed by atoms with van der Waals surface area (Å²) in [6.45, 7) is 0.300. The van der Waals surface area contributed by atoms with Gasteiger partial charge in [-0.3, -0.25) is 14.2 Å². The van der Waals surface area contributed by atoms with Crippen LogP contribution in [0.15, 0.2) is 41.2 Å². The van der Waals surface area contributed by atoms with E-state index in [2.05, 4.69) is 10.3 Å². The number of fused-ring (bicyclic) bond motifs is 3. The molecule has 32 heavy (non-hydrogen) atoms. The minimum Gasteiger partial charge on any atom is -0.452 e. The summed E-state index contributed by atoms with van der Waals surface area (Å²) in [5.41, 5.74) is 3.99. The van der Waals surface area contributed by atoms with Crippen molar-refractivity contribution in [2.45, 2.75) is 51.5 Å². The summed E-state index contributed by atoms with van der Waals surface area (Å²) in [5.74, 6) is -0.245. The number of amides is 1. The molecule has 0 unspecified atom stereocenters. The molecule has 2 aliphatic rings. The maximum atomic E-state index is 12.8. The second-order valence-electron chi connectivity index (χ2n) is 8.49. The number of anilines is 1. The zero-order valence-electron chi connectivity index (χ0n) is 17.9. The van der Waals surface area contributed by atoms with Gasteiger partial charge in [-0.1, -0.05) is 12.5 Å². The molecule has 2 heterocycles. The van der Waals surface area contributed by atoms with Crippen LogP contribution in [0.5, 0.6) is 0 Å². The highest BCUT2D eigenvalue weighted by molar-refractivity contribution is 5.97. The molecule has 1 aromatic heterocycles. The van der Waals surface area contributed by atoms with Gasteiger partial charge in [-0.15, -0.1) is 0 Å². The average molecular weight is 431 g/mol. The average Bonchev–Trinajstić information content (AvgIpc) is 3.13. The first-order valence-corrected chi connectivity index (χ1v) is 11.2. The van der Waals surface area contributed by atoms with E-state index in [-0.39, 0.29) is 17.7 Å². The number of rotatable bonds is 4. The van der Waals surface area contributed by atoms with Gasteiger partial charge in [-0.05, 0) is 73.6 Å². The first-order chi connectivity index (χ1) is 15.6. The number of nitrogens with zero attached hydrogens (tertiary/aromatic N) is 2. The molecule has 1 amide bonds. The fraction of sp³-hybridized carbons (Fsp3) is 0.360. The lowest BCUT2D eigenvalue weighted by Crippen LogP contribution is -2.25. The number of carbonyl (C=O) groups is 2. The molecule has 7 heteroatoms. The Bertz CT molecular complexity index is 1280. The molecule has 3 aromatic rings. The van der Waals surface area contributed by atoms with Gasteiger partial charge < -0.3 is 10.1 Å².